The number of hydrogen-bond donors (Lipinski definition) is 1. The Hall–Kier alpha value is -0.920. The van der Waals surface area contributed by atoms with Gasteiger partial charge in [0.15, 0.2) is 6.10 Å². The van der Waals surface area contributed by atoms with Gasteiger partial charge < -0.3 is 19.4 Å². The smallest absolute Gasteiger partial charge is 0.294 e. The molecule has 0 aromatic rings. The van der Waals surface area contributed by atoms with Crippen LogP contribution < -0.4 is 0 Å². The number of nitrogens with zero attached hydrogens (tertiary/aromatic N) is 1. The summed E-state index contributed by atoms with van der Waals surface area (Å²) in [6.07, 6.45) is -2.41. The Morgan fingerprint density at radius 1 is 1.38 bits per heavy atom. The van der Waals surface area contributed by atoms with E-state index < -0.39 is 29.5 Å². The van der Waals surface area contributed by atoms with Crippen molar-refractivity contribution in [2.45, 2.75) is 24.4 Å². The molecule has 0 aromatic carbocycles. The lowest BCUT2D eigenvalue weighted by molar-refractivity contribution is -0.769. The van der Waals surface area contributed by atoms with Gasteiger partial charge >= 0.3 is 0 Å². The highest BCUT2D eigenvalue weighted by Gasteiger charge is 2.48. The second-order valence-corrected chi connectivity index (χ2v) is 3.03. The monoisotopic (exact) mass is 191 g/mol. The van der Waals surface area contributed by atoms with Crippen LogP contribution in [0.25, 0.3) is 0 Å². The van der Waals surface area contributed by atoms with E-state index in [1.165, 1.54) is 0 Å². The molecule has 4 atom stereocenters. The third kappa shape index (κ3) is 1.45. The Morgan fingerprint density at radius 3 is 2.77 bits per heavy atom. The van der Waals surface area contributed by atoms with Crippen molar-refractivity contribution in [1.29, 1.82) is 0 Å². The van der Waals surface area contributed by atoms with Gasteiger partial charge in [0.1, 0.15) is 18.3 Å². The Labute approximate surface area is 73.3 Å². The second-order valence-electron chi connectivity index (χ2n) is 3.03. The van der Waals surface area contributed by atoms with Gasteiger partial charge in [-0.2, -0.15) is 0 Å². The zero-order chi connectivity index (χ0) is 9.42. The SMILES string of the molecule is O=[N+]([O-])O[C@H]1CO[C@H]2[C@@H]1OC[C@@H]2O. The van der Waals surface area contributed by atoms with Gasteiger partial charge in [-0.3, -0.25) is 0 Å². The molecule has 0 radical (unpaired) electrons. The molecule has 74 valence electrons. The zero-order valence-electron chi connectivity index (χ0n) is 6.66. The maximum absolute atomic E-state index is 10.0. The van der Waals surface area contributed by atoms with Crippen molar-refractivity contribution in [3.63, 3.8) is 0 Å². The van der Waals surface area contributed by atoms with Crippen molar-refractivity contribution in [3.8, 4) is 0 Å². The van der Waals surface area contributed by atoms with Gasteiger partial charge in [-0.05, 0) is 0 Å². The van der Waals surface area contributed by atoms with Crippen molar-refractivity contribution < 1.29 is 24.5 Å². The number of aliphatic hydroxyl groups excluding tert-OH is 1. The van der Waals surface area contributed by atoms with E-state index in [0.29, 0.717) is 0 Å². The van der Waals surface area contributed by atoms with E-state index in [1.807, 2.05) is 0 Å². The van der Waals surface area contributed by atoms with E-state index in [1.54, 1.807) is 0 Å². The molecule has 1 N–H and O–H groups in total. The molecule has 0 amide bonds. The van der Waals surface area contributed by atoms with Crippen LogP contribution in [0.5, 0.6) is 0 Å². The van der Waals surface area contributed by atoms with Crippen molar-refractivity contribution in [2.75, 3.05) is 13.2 Å². The lowest BCUT2D eigenvalue weighted by atomic mass is 10.1. The Bertz CT molecular complexity index is 221. The molecule has 2 aliphatic rings. The second kappa shape index (κ2) is 3.09. The molecule has 0 saturated carbocycles. The van der Waals surface area contributed by atoms with Gasteiger partial charge in [0.2, 0.25) is 0 Å². The number of hydrogen-bond acceptors (Lipinski definition) is 6. The molecular weight excluding hydrogens is 182 g/mol. The fraction of sp³-hybridized carbons (Fsp3) is 1.00. The normalized spacial score (nSPS) is 43.2. The van der Waals surface area contributed by atoms with Crippen LogP contribution in [-0.2, 0) is 14.3 Å². The van der Waals surface area contributed by atoms with Gasteiger partial charge in [0.05, 0.1) is 13.2 Å². The van der Waals surface area contributed by atoms with Gasteiger partial charge in [-0.15, -0.1) is 10.1 Å². The molecule has 0 spiro atoms. The van der Waals surface area contributed by atoms with Crippen LogP contribution in [0.4, 0.5) is 0 Å². The number of ether oxygens (including phenoxy) is 2. The Kier molecular flexibility index (Phi) is 2.06. The quantitative estimate of drug-likeness (QED) is 0.432. The predicted molar refractivity (Wildman–Crippen MR) is 37.4 cm³/mol. The molecule has 2 rings (SSSR count). The summed E-state index contributed by atoms with van der Waals surface area (Å²) in [5, 5.41) is 18.4. The summed E-state index contributed by atoms with van der Waals surface area (Å²) >= 11 is 0. The Balaban J connectivity index is 1.98. The molecule has 2 saturated heterocycles. The molecule has 7 nitrogen and oxygen atoms in total. The average molecular weight is 191 g/mol. The zero-order valence-corrected chi connectivity index (χ0v) is 6.66. The molecular formula is C6H9NO6. The van der Waals surface area contributed by atoms with Crippen LogP contribution >= 0.6 is 0 Å². The lowest BCUT2D eigenvalue weighted by Crippen LogP contribution is -2.33. The largest absolute Gasteiger partial charge is 0.388 e. The molecule has 0 bridgehead atoms. The first kappa shape index (κ1) is 8.67. The van der Waals surface area contributed by atoms with E-state index in [4.69, 9.17) is 9.47 Å². The molecule has 7 heteroatoms. The van der Waals surface area contributed by atoms with Crippen LogP contribution in [0.1, 0.15) is 0 Å². The number of rotatable bonds is 2. The molecule has 0 aromatic heterocycles. The van der Waals surface area contributed by atoms with E-state index >= 15 is 0 Å². The standard InChI is InChI=1S/C6H9NO6/c8-3-1-11-6-4(13-7(9)10)2-12-5(3)6/h3-6,8H,1-2H2/t3-,4-,5+,6+/m0/s1. The minimum Gasteiger partial charge on any atom is -0.388 e. The van der Waals surface area contributed by atoms with Crippen LogP contribution in [0, 0.1) is 10.1 Å². The average Bonchev–Trinajstić information content (AvgIpc) is 2.56. The molecule has 13 heavy (non-hydrogen) atoms. The first-order chi connectivity index (χ1) is 6.18. The fourth-order valence-electron chi connectivity index (χ4n) is 1.64. The number of aliphatic hydroxyl groups is 1. The van der Waals surface area contributed by atoms with Crippen LogP contribution in [0.3, 0.4) is 0 Å². The fourth-order valence-corrected chi connectivity index (χ4v) is 1.64. The third-order valence-electron chi connectivity index (χ3n) is 2.20. The third-order valence-corrected chi connectivity index (χ3v) is 2.20. The number of fused-ring (bicyclic) bond motifs is 1. The highest BCUT2D eigenvalue weighted by atomic mass is 17.0. The molecule has 2 aliphatic heterocycles. The first-order valence-electron chi connectivity index (χ1n) is 3.91. The Morgan fingerprint density at radius 2 is 2.08 bits per heavy atom. The summed E-state index contributed by atoms with van der Waals surface area (Å²) in [6, 6.07) is 0. The minimum atomic E-state index is -0.871. The van der Waals surface area contributed by atoms with Gasteiger partial charge in [0.25, 0.3) is 5.09 Å². The topological polar surface area (TPSA) is 91.1 Å². The molecule has 2 fully saturated rings. The highest BCUT2D eigenvalue weighted by molar-refractivity contribution is 4.94. The molecule has 0 aliphatic carbocycles. The van der Waals surface area contributed by atoms with E-state index in [0.717, 1.165) is 0 Å². The predicted octanol–water partition coefficient (Wildman–Crippen LogP) is -1.28. The van der Waals surface area contributed by atoms with Crippen LogP contribution in [0.2, 0.25) is 0 Å². The summed E-state index contributed by atoms with van der Waals surface area (Å²) in [5.74, 6) is 0. The summed E-state index contributed by atoms with van der Waals surface area (Å²) < 4.78 is 10.2. The summed E-state index contributed by atoms with van der Waals surface area (Å²) in [7, 11) is 0. The van der Waals surface area contributed by atoms with Gasteiger partial charge in [-0.1, -0.05) is 0 Å². The summed E-state index contributed by atoms with van der Waals surface area (Å²) in [4.78, 5) is 14.4. The van der Waals surface area contributed by atoms with Crippen molar-refractivity contribution in [1.82, 2.24) is 0 Å². The van der Waals surface area contributed by atoms with Crippen molar-refractivity contribution >= 4 is 0 Å². The van der Waals surface area contributed by atoms with E-state index in [9.17, 15) is 15.2 Å². The van der Waals surface area contributed by atoms with Crippen molar-refractivity contribution in [2.24, 2.45) is 0 Å². The maximum atomic E-state index is 10.0. The minimum absolute atomic E-state index is 0.0906. The first-order valence-corrected chi connectivity index (χ1v) is 3.91. The van der Waals surface area contributed by atoms with E-state index in [-0.39, 0.29) is 13.2 Å². The van der Waals surface area contributed by atoms with Crippen molar-refractivity contribution in [3.05, 3.63) is 10.1 Å². The molecule has 2 heterocycles. The molecule has 0 unspecified atom stereocenters. The lowest BCUT2D eigenvalue weighted by Gasteiger charge is -2.12. The summed E-state index contributed by atoms with van der Waals surface area (Å²) in [5.41, 5.74) is 0. The highest BCUT2D eigenvalue weighted by Crippen LogP contribution is 2.28. The van der Waals surface area contributed by atoms with Gasteiger partial charge in [0, 0.05) is 0 Å². The summed E-state index contributed by atoms with van der Waals surface area (Å²) in [6.45, 7) is 0.236. The van der Waals surface area contributed by atoms with Crippen LogP contribution in [-0.4, -0.2) is 47.8 Å². The van der Waals surface area contributed by atoms with Crippen LogP contribution in [0.15, 0.2) is 0 Å². The van der Waals surface area contributed by atoms with E-state index in [2.05, 4.69) is 4.84 Å². The van der Waals surface area contributed by atoms with Gasteiger partial charge in [-0.25, -0.2) is 0 Å². The maximum Gasteiger partial charge on any atom is 0.294 e.